The van der Waals surface area contributed by atoms with E-state index in [-0.39, 0.29) is 0 Å². The van der Waals surface area contributed by atoms with E-state index >= 15 is 0 Å². The molecule has 0 bridgehead atoms. The molecule has 158 valence electrons. The van der Waals surface area contributed by atoms with E-state index < -0.39 is 11.2 Å². The zero-order valence-electron chi connectivity index (χ0n) is 16.6. The summed E-state index contributed by atoms with van der Waals surface area (Å²) in [5.41, 5.74) is 0.633. The maximum absolute atomic E-state index is 12.7. The van der Waals surface area contributed by atoms with Crippen LogP contribution in [0.1, 0.15) is 5.56 Å². The molecule has 3 heterocycles. The van der Waals surface area contributed by atoms with Gasteiger partial charge in [0.1, 0.15) is 0 Å². The van der Waals surface area contributed by atoms with Crippen LogP contribution in [-0.4, -0.2) is 56.7 Å². The van der Waals surface area contributed by atoms with Gasteiger partial charge in [-0.15, -0.1) is 6.58 Å². The molecule has 0 saturated carbocycles. The van der Waals surface area contributed by atoms with Gasteiger partial charge in [-0.2, -0.15) is 4.98 Å². The lowest BCUT2D eigenvalue weighted by Gasteiger charge is -2.34. The largest absolute Gasteiger partial charge is 0.340 e. The Labute approximate surface area is 182 Å². The van der Waals surface area contributed by atoms with Crippen LogP contribution in [0.3, 0.4) is 0 Å². The van der Waals surface area contributed by atoms with Crippen LogP contribution in [0.4, 0.5) is 5.95 Å². The highest BCUT2D eigenvalue weighted by Crippen LogP contribution is 2.26. The number of nitrogens with one attached hydrogen (secondary N) is 1. The van der Waals surface area contributed by atoms with Gasteiger partial charge in [0.05, 0.1) is 16.6 Å². The van der Waals surface area contributed by atoms with Crippen molar-refractivity contribution in [2.24, 2.45) is 7.05 Å². The second-order valence-electron chi connectivity index (χ2n) is 7.31. The Balaban J connectivity index is 1.81. The highest BCUT2D eigenvalue weighted by molar-refractivity contribution is 6.42. The minimum Gasteiger partial charge on any atom is -0.340 e. The Bertz CT molecular complexity index is 1220. The minimum atomic E-state index is -0.492. The number of H-pyrrole nitrogens is 1. The summed E-state index contributed by atoms with van der Waals surface area (Å²) in [4.78, 5) is 36.3. The quantitative estimate of drug-likeness (QED) is 0.604. The van der Waals surface area contributed by atoms with Crippen molar-refractivity contribution in [2.45, 2.75) is 6.54 Å². The Kier molecular flexibility index (Phi) is 5.73. The smallest absolute Gasteiger partial charge is 0.329 e. The van der Waals surface area contributed by atoms with Crippen molar-refractivity contribution < 1.29 is 0 Å². The Morgan fingerprint density at radius 2 is 1.90 bits per heavy atom. The first kappa shape index (κ1) is 20.7. The molecule has 1 fully saturated rings. The topological polar surface area (TPSA) is 79.2 Å². The van der Waals surface area contributed by atoms with Crippen LogP contribution in [0.25, 0.3) is 11.2 Å². The average molecular weight is 449 g/mol. The predicted molar refractivity (Wildman–Crippen MR) is 120 cm³/mol. The monoisotopic (exact) mass is 448 g/mol. The van der Waals surface area contributed by atoms with E-state index in [1.165, 1.54) is 4.57 Å². The van der Waals surface area contributed by atoms with Crippen molar-refractivity contribution in [2.75, 3.05) is 37.6 Å². The lowest BCUT2D eigenvalue weighted by molar-refractivity contribution is 0.282. The van der Waals surface area contributed by atoms with Crippen LogP contribution < -0.4 is 16.1 Å². The van der Waals surface area contributed by atoms with E-state index in [0.717, 1.165) is 38.3 Å². The number of hydrogen-bond donors (Lipinski definition) is 1. The number of aromatic amines is 1. The van der Waals surface area contributed by atoms with Crippen molar-refractivity contribution in [3.8, 4) is 0 Å². The zero-order chi connectivity index (χ0) is 21.4. The highest BCUT2D eigenvalue weighted by atomic mass is 35.5. The fraction of sp³-hybridized carbons (Fsp3) is 0.350. The number of aryl methyl sites for hydroxylation is 1. The molecule has 0 spiro atoms. The summed E-state index contributed by atoms with van der Waals surface area (Å²) in [6, 6.07) is 5.37. The summed E-state index contributed by atoms with van der Waals surface area (Å²) in [7, 11) is 1.60. The molecule has 1 aliphatic heterocycles. The number of aromatic nitrogens is 4. The summed E-state index contributed by atoms with van der Waals surface area (Å²) < 4.78 is 3.20. The molecule has 0 amide bonds. The van der Waals surface area contributed by atoms with E-state index in [9.17, 15) is 9.59 Å². The van der Waals surface area contributed by atoms with Gasteiger partial charge < -0.3 is 4.90 Å². The maximum atomic E-state index is 12.7. The first-order chi connectivity index (χ1) is 14.4. The van der Waals surface area contributed by atoms with Gasteiger partial charge in [-0.05, 0) is 17.7 Å². The molecule has 10 heteroatoms. The highest BCUT2D eigenvalue weighted by Gasteiger charge is 2.24. The average Bonchev–Trinajstić information content (AvgIpc) is 3.10. The normalized spacial score (nSPS) is 15.1. The number of halogens is 2. The van der Waals surface area contributed by atoms with E-state index in [2.05, 4.69) is 21.4 Å². The summed E-state index contributed by atoms with van der Waals surface area (Å²) >= 11 is 12.2. The minimum absolute atomic E-state index is 0.353. The standard InChI is InChI=1S/C20H22Cl2N6O2/c1-3-6-26-7-9-27(10-8-26)19-23-17-16(18(29)24-20(30)25(17)2)28(19)12-13-4-5-14(21)15(22)11-13/h3-5,11H,1,6-10,12H2,2H3,(H,24,29,30). The molecule has 1 N–H and O–H groups in total. The second kappa shape index (κ2) is 8.29. The summed E-state index contributed by atoms with van der Waals surface area (Å²) in [6.07, 6.45) is 1.89. The maximum Gasteiger partial charge on any atom is 0.329 e. The fourth-order valence-electron chi connectivity index (χ4n) is 3.75. The van der Waals surface area contributed by atoms with Crippen molar-refractivity contribution in [3.63, 3.8) is 0 Å². The van der Waals surface area contributed by atoms with Crippen molar-refractivity contribution in [3.05, 3.63) is 67.3 Å². The van der Waals surface area contributed by atoms with E-state index in [1.54, 1.807) is 19.2 Å². The van der Waals surface area contributed by atoms with Crippen LogP contribution in [0.2, 0.25) is 10.0 Å². The predicted octanol–water partition coefficient (Wildman–Crippen LogP) is 2.09. The number of piperazine rings is 1. The molecule has 4 rings (SSSR count). The number of imidazole rings is 1. The Morgan fingerprint density at radius 3 is 2.57 bits per heavy atom. The molecule has 2 aromatic heterocycles. The second-order valence-corrected chi connectivity index (χ2v) is 8.13. The molecular weight excluding hydrogens is 427 g/mol. The Morgan fingerprint density at radius 1 is 1.17 bits per heavy atom. The molecule has 0 aliphatic carbocycles. The molecule has 0 unspecified atom stereocenters. The molecule has 8 nitrogen and oxygen atoms in total. The number of nitrogens with zero attached hydrogens (tertiary/aromatic N) is 5. The van der Waals surface area contributed by atoms with Gasteiger partial charge in [0.25, 0.3) is 5.56 Å². The third-order valence-corrected chi connectivity index (χ3v) is 6.09. The van der Waals surface area contributed by atoms with Crippen LogP contribution in [-0.2, 0) is 13.6 Å². The third kappa shape index (κ3) is 3.78. The molecule has 0 atom stereocenters. The zero-order valence-corrected chi connectivity index (χ0v) is 18.1. The van der Waals surface area contributed by atoms with Gasteiger partial charge in [-0.25, -0.2) is 4.79 Å². The van der Waals surface area contributed by atoms with E-state index in [1.807, 2.05) is 16.7 Å². The Hall–Kier alpha value is -2.55. The molecular formula is C20H22Cl2N6O2. The molecule has 30 heavy (non-hydrogen) atoms. The molecule has 1 saturated heterocycles. The lowest BCUT2D eigenvalue weighted by Crippen LogP contribution is -2.47. The number of anilines is 1. The van der Waals surface area contributed by atoms with E-state index in [4.69, 9.17) is 28.2 Å². The molecule has 0 radical (unpaired) electrons. The van der Waals surface area contributed by atoms with Crippen LogP contribution in [0.5, 0.6) is 0 Å². The molecule has 3 aromatic rings. The van der Waals surface area contributed by atoms with Crippen LogP contribution in [0, 0.1) is 0 Å². The SMILES string of the molecule is C=CCN1CCN(c2nc3c(c(=O)[nH]c(=O)n3C)n2Cc2ccc(Cl)c(Cl)c2)CC1. The summed E-state index contributed by atoms with van der Waals surface area (Å²) in [5, 5.41) is 0.911. The number of benzene rings is 1. The van der Waals surface area contributed by atoms with Gasteiger partial charge in [-0.1, -0.05) is 35.3 Å². The van der Waals surface area contributed by atoms with E-state index in [0.29, 0.717) is 33.7 Å². The summed E-state index contributed by atoms with van der Waals surface area (Å²) in [6.45, 7) is 8.23. The number of hydrogen-bond acceptors (Lipinski definition) is 5. The fourth-order valence-corrected chi connectivity index (χ4v) is 4.07. The summed E-state index contributed by atoms with van der Waals surface area (Å²) in [5.74, 6) is 0.654. The lowest BCUT2D eigenvalue weighted by atomic mass is 10.2. The molecule has 1 aromatic carbocycles. The van der Waals surface area contributed by atoms with Crippen molar-refractivity contribution in [1.82, 2.24) is 24.0 Å². The van der Waals surface area contributed by atoms with Crippen molar-refractivity contribution in [1.29, 1.82) is 0 Å². The van der Waals surface area contributed by atoms with Gasteiger partial charge in [0, 0.05) is 39.8 Å². The van der Waals surface area contributed by atoms with Gasteiger partial charge in [0.2, 0.25) is 5.95 Å². The first-order valence-corrected chi connectivity index (χ1v) is 10.4. The first-order valence-electron chi connectivity index (χ1n) is 9.60. The van der Waals surface area contributed by atoms with Crippen molar-refractivity contribution >= 4 is 40.3 Å². The van der Waals surface area contributed by atoms with Gasteiger partial charge in [0.15, 0.2) is 11.2 Å². The molecule has 1 aliphatic rings. The number of fused-ring (bicyclic) bond motifs is 1. The van der Waals surface area contributed by atoms with Crippen LogP contribution in [0.15, 0.2) is 40.4 Å². The third-order valence-electron chi connectivity index (χ3n) is 5.35. The van der Waals surface area contributed by atoms with Gasteiger partial charge in [-0.3, -0.25) is 23.8 Å². The van der Waals surface area contributed by atoms with Crippen LogP contribution >= 0.6 is 23.2 Å². The van der Waals surface area contributed by atoms with Gasteiger partial charge >= 0.3 is 5.69 Å². The number of rotatable bonds is 5.